The van der Waals surface area contributed by atoms with Crippen molar-refractivity contribution in [3.8, 4) is 0 Å². The van der Waals surface area contributed by atoms with Gasteiger partial charge in [-0.25, -0.2) is 0 Å². The van der Waals surface area contributed by atoms with Crippen molar-refractivity contribution in [2.75, 3.05) is 33.4 Å². The number of carbonyl (C=O) groups is 2. The maximum Gasteiger partial charge on any atom is 0.307 e. The Morgan fingerprint density at radius 2 is 2.31 bits per heavy atom. The molecule has 1 aliphatic heterocycles. The smallest absolute Gasteiger partial charge is 0.307 e. The fraction of sp³-hybridized carbons (Fsp3) is 0.778. The van der Waals surface area contributed by atoms with Crippen LogP contribution in [-0.4, -0.2) is 51.3 Å². The van der Waals surface area contributed by atoms with E-state index in [1.54, 1.807) is 0 Å². The number of rotatable bonds is 4. The van der Waals surface area contributed by atoms with E-state index in [-0.39, 0.29) is 37.2 Å². The molecule has 0 aromatic heterocycles. The summed E-state index contributed by atoms with van der Waals surface area (Å²) in [4.78, 5) is 22.2. The zero-order valence-corrected chi connectivity index (χ0v) is 9.97. The maximum atomic E-state index is 11.4. The van der Waals surface area contributed by atoms with Crippen LogP contribution in [0.5, 0.6) is 0 Å². The minimum absolute atomic E-state index is 0. The predicted octanol–water partition coefficient (Wildman–Crippen LogP) is -0.924. The van der Waals surface area contributed by atoms with E-state index in [4.69, 9.17) is 4.74 Å². The minimum Gasteiger partial charge on any atom is -0.469 e. The van der Waals surface area contributed by atoms with E-state index >= 15 is 0 Å². The van der Waals surface area contributed by atoms with Gasteiger partial charge >= 0.3 is 5.97 Å². The Morgan fingerprint density at radius 1 is 1.56 bits per heavy atom. The van der Waals surface area contributed by atoms with E-state index < -0.39 is 6.10 Å². The van der Waals surface area contributed by atoms with Gasteiger partial charge < -0.3 is 20.1 Å². The third-order valence-corrected chi connectivity index (χ3v) is 2.08. The average Bonchev–Trinajstić information content (AvgIpc) is 2.29. The average molecular weight is 253 g/mol. The van der Waals surface area contributed by atoms with Crippen molar-refractivity contribution < 1.29 is 19.1 Å². The largest absolute Gasteiger partial charge is 0.469 e. The molecule has 1 amide bonds. The number of amides is 1. The van der Waals surface area contributed by atoms with E-state index in [0.29, 0.717) is 13.2 Å². The summed E-state index contributed by atoms with van der Waals surface area (Å²) < 4.78 is 9.68. The molecule has 0 spiro atoms. The molecule has 0 unspecified atom stereocenters. The highest BCUT2D eigenvalue weighted by molar-refractivity contribution is 5.85. The molecule has 16 heavy (non-hydrogen) atoms. The van der Waals surface area contributed by atoms with Crippen LogP contribution in [-0.2, 0) is 19.1 Å². The molecule has 7 heteroatoms. The van der Waals surface area contributed by atoms with E-state index in [9.17, 15) is 9.59 Å². The van der Waals surface area contributed by atoms with Crippen LogP contribution in [0.1, 0.15) is 6.42 Å². The number of ether oxygens (including phenoxy) is 2. The third kappa shape index (κ3) is 5.29. The normalized spacial score (nSPS) is 19.4. The number of hydrogen-bond acceptors (Lipinski definition) is 5. The van der Waals surface area contributed by atoms with Crippen LogP contribution in [0.4, 0.5) is 0 Å². The summed E-state index contributed by atoms with van der Waals surface area (Å²) in [7, 11) is 1.32. The van der Waals surface area contributed by atoms with Gasteiger partial charge in [0, 0.05) is 19.6 Å². The lowest BCUT2D eigenvalue weighted by molar-refractivity contribution is -0.140. The Morgan fingerprint density at radius 3 is 2.88 bits per heavy atom. The fourth-order valence-corrected chi connectivity index (χ4v) is 1.24. The fourth-order valence-electron chi connectivity index (χ4n) is 1.24. The molecule has 6 nitrogen and oxygen atoms in total. The summed E-state index contributed by atoms with van der Waals surface area (Å²) in [6, 6.07) is 0. The number of halogens is 1. The van der Waals surface area contributed by atoms with E-state index in [1.807, 2.05) is 0 Å². The van der Waals surface area contributed by atoms with Gasteiger partial charge in [0.05, 0.1) is 20.1 Å². The Bertz CT molecular complexity index is 232. The first kappa shape index (κ1) is 15.2. The lowest BCUT2D eigenvalue weighted by Crippen LogP contribution is -2.48. The van der Waals surface area contributed by atoms with Gasteiger partial charge in [-0.2, -0.15) is 0 Å². The molecule has 1 atom stereocenters. The molecule has 0 saturated carbocycles. The molecule has 94 valence electrons. The van der Waals surface area contributed by atoms with Crippen molar-refractivity contribution in [2.24, 2.45) is 0 Å². The summed E-state index contributed by atoms with van der Waals surface area (Å²) >= 11 is 0. The first-order chi connectivity index (χ1) is 7.24. The number of morpholine rings is 1. The summed E-state index contributed by atoms with van der Waals surface area (Å²) in [5.74, 6) is -0.524. The standard InChI is InChI=1S/C9H16N2O4.ClH/c1-14-8(12)2-3-11-9(13)7-6-10-4-5-15-7;/h7,10H,2-6H2,1H3,(H,11,13);1H/t7-;/m1./s1. The molecule has 0 aromatic carbocycles. The van der Waals surface area contributed by atoms with Gasteiger partial charge in [-0.1, -0.05) is 0 Å². The van der Waals surface area contributed by atoms with Gasteiger partial charge in [-0.05, 0) is 0 Å². The van der Waals surface area contributed by atoms with Gasteiger partial charge in [0.2, 0.25) is 5.91 Å². The van der Waals surface area contributed by atoms with Crippen LogP contribution in [0, 0.1) is 0 Å². The van der Waals surface area contributed by atoms with Gasteiger partial charge in [0.1, 0.15) is 6.10 Å². The highest BCUT2D eigenvalue weighted by Crippen LogP contribution is 1.95. The van der Waals surface area contributed by atoms with Gasteiger partial charge in [0.25, 0.3) is 0 Å². The summed E-state index contributed by atoms with van der Waals surface area (Å²) in [5, 5.41) is 5.66. The van der Waals surface area contributed by atoms with Crippen LogP contribution >= 0.6 is 12.4 Å². The lowest BCUT2D eigenvalue weighted by Gasteiger charge is -2.22. The van der Waals surface area contributed by atoms with Crippen LogP contribution < -0.4 is 10.6 Å². The Hall–Kier alpha value is -0.850. The topological polar surface area (TPSA) is 76.7 Å². The second-order valence-electron chi connectivity index (χ2n) is 3.18. The van der Waals surface area contributed by atoms with E-state index in [1.165, 1.54) is 7.11 Å². The second-order valence-corrected chi connectivity index (χ2v) is 3.18. The Kier molecular flexibility index (Phi) is 7.88. The number of hydrogen-bond donors (Lipinski definition) is 2. The maximum absolute atomic E-state index is 11.4. The van der Waals surface area contributed by atoms with Crippen molar-refractivity contribution in [3.63, 3.8) is 0 Å². The molecule has 0 radical (unpaired) electrons. The molecule has 0 bridgehead atoms. The molecule has 1 fully saturated rings. The van der Waals surface area contributed by atoms with Crippen molar-refractivity contribution in [2.45, 2.75) is 12.5 Å². The number of methoxy groups -OCH3 is 1. The minimum atomic E-state index is -0.448. The van der Waals surface area contributed by atoms with Crippen molar-refractivity contribution in [3.05, 3.63) is 0 Å². The van der Waals surface area contributed by atoms with E-state index in [0.717, 1.165) is 6.54 Å². The molecule has 0 aliphatic carbocycles. The highest BCUT2D eigenvalue weighted by atomic mass is 35.5. The van der Waals surface area contributed by atoms with Crippen molar-refractivity contribution in [1.29, 1.82) is 0 Å². The molecular formula is C9H17ClN2O4. The first-order valence-electron chi connectivity index (χ1n) is 4.91. The van der Waals surface area contributed by atoms with Gasteiger partial charge in [0.15, 0.2) is 0 Å². The summed E-state index contributed by atoms with van der Waals surface area (Å²) in [6.45, 7) is 2.11. The number of esters is 1. The SMILES string of the molecule is COC(=O)CCNC(=O)[C@H]1CNCCO1.Cl. The summed E-state index contributed by atoms with van der Waals surface area (Å²) in [6.07, 6.45) is -0.265. The van der Waals surface area contributed by atoms with Crippen LogP contribution in [0.25, 0.3) is 0 Å². The molecule has 1 rings (SSSR count). The number of nitrogens with one attached hydrogen (secondary N) is 2. The molecule has 1 heterocycles. The van der Waals surface area contributed by atoms with Crippen LogP contribution in [0.15, 0.2) is 0 Å². The molecular weight excluding hydrogens is 236 g/mol. The zero-order valence-electron chi connectivity index (χ0n) is 9.15. The van der Waals surface area contributed by atoms with E-state index in [2.05, 4.69) is 15.4 Å². The predicted molar refractivity (Wildman–Crippen MR) is 59.5 cm³/mol. The molecule has 0 aromatic rings. The third-order valence-electron chi connectivity index (χ3n) is 2.08. The Labute approximate surface area is 100 Å². The quantitative estimate of drug-likeness (QED) is 0.633. The highest BCUT2D eigenvalue weighted by Gasteiger charge is 2.21. The first-order valence-corrected chi connectivity index (χ1v) is 4.91. The van der Waals surface area contributed by atoms with Gasteiger partial charge in [-0.15, -0.1) is 12.4 Å². The summed E-state index contributed by atoms with van der Waals surface area (Å²) in [5.41, 5.74) is 0. The van der Waals surface area contributed by atoms with Crippen molar-refractivity contribution >= 4 is 24.3 Å². The van der Waals surface area contributed by atoms with Crippen molar-refractivity contribution in [1.82, 2.24) is 10.6 Å². The molecule has 1 aliphatic rings. The number of carbonyl (C=O) groups excluding carboxylic acids is 2. The molecule has 1 saturated heterocycles. The van der Waals surface area contributed by atoms with Gasteiger partial charge in [-0.3, -0.25) is 9.59 Å². The molecule has 2 N–H and O–H groups in total. The van der Waals surface area contributed by atoms with Crippen LogP contribution in [0.3, 0.4) is 0 Å². The van der Waals surface area contributed by atoms with Crippen LogP contribution in [0.2, 0.25) is 0 Å². The Balaban J connectivity index is 0.00000225. The zero-order chi connectivity index (χ0) is 11.1. The second kappa shape index (κ2) is 8.32. The monoisotopic (exact) mass is 252 g/mol. The lowest BCUT2D eigenvalue weighted by atomic mass is 10.3.